The van der Waals surface area contributed by atoms with E-state index in [2.05, 4.69) is 20.5 Å². The largest absolute Gasteiger partial charge is 0.573 e. The summed E-state index contributed by atoms with van der Waals surface area (Å²) < 4.78 is 45.2. The lowest BCUT2D eigenvalue weighted by atomic mass is 10.2. The van der Waals surface area contributed by atoms with Crippen molar-refractivity contribution in [2.24, 2.45) is 0 Å². The molecule has 1 unspecified atom stereocenters. The molecule has 1 fully saturated rings. The van der Waals surface area contributed by atoms with Gasteiger partial charge in [-0.05, 0) is 37.0 Å². The number of hydrogen-bond acceptors (Lipinski definition) is 6. The molecule has 5 nitrogen and oxygen atoms in total. The van der Waals surface area contributed by atoms with Crippen LogP contribution in [0.5, 0.6) is 5.75 Å². The topological polar surface area (TPSA) is 61.2 Å². The molecular formula is C16H15F3N4OS. The minimum Gasteiger partial charge on any atom is -0.406 e. The maximum atomic E-state index is 12.4. The van der Waals surface area contributed by atoms with Crippen LogP contribution in [0, 0.1) is 18.3 Å². The zero-order valence-electron chi connectivity index (χ0n) is 13.3. The zero-order valence-corrected chi connectivity index (χ0v) is 14.1. The molecule has 1 N–H and O–H groups in total. The van der Waals surface area contributed by atoms with Crippen molar-refractivity contribution >= 4 is 22.2 Å². The van der Waals surface area contributed by atoms with Gasteiger partial charge < -0.3 is 15.0 Å². The van der Waals surface area contributed by atoms with Crippen LogP contribution in [0.15, 0.2) is 24.3 Å². The predicted molar refractivity (Wildman–Crippen MR) is 88.9 cm³/mol. The number of benzene rings is 1. The van der Waals surface area contributed by atoms with E-state index < -0.39 is 6.36 Å². The Morgan fingerprint density at radius 2 is 2.24 bits per heavy atom. The molecule has 0 aliphatic carbocycles. The number of halogens is 3. The predicted octanol–water partition coefficient (Wildman–Crippen LogP) is 3.91. The Kier molecular flexibility index (Phi) is 4.72. The normalized spacial score (nSPS) is 17.4. The van der Waals surface area contributed by atoms with Crippen LogP contribution in [0.3, 0.4) is 0 Å². The number of ether oxygens (including phenoxy) is 1. The van der Waals surface area contributed by atoms with Gasteiger partial charge in [0, 0.05) is 30.9 Å². The third-order valence-corrected chi connectivity index (χ3v) is 4.78. The van der Waals surface area contributed by atoms with Gasteiger partial charge in [-0.15, -0.1) is 13.2 Å². The first kappa shape index (κ1) is 17.4. The fourth-order valence-corrected chi connectivity index (χ4v) is 3.60. The van der Waals surface area contributed by atoms with E-state index in [4.69, 9.17) is 0 Å². The molecule has 1 aromatic heterocycles. The SMILES string of the molecule is Cc1nsc(NC2CCN(c3cccc(OC(F)(F)F)c3)C2)c1C#N. The van der Waals surface area contributed by atoms with E-state index in [1.807, 2.05) is 4.90 Å². The van der Waals surface area contributed by atoms with E-state index in [0.717, 1.165) is 11.4 Å². The third-order valence-electron chi connectivity index (χ3n) is 3.91. The molecule has 0 amide bonds. The first-order chi connectivity index (χ1) is 11.9. The molecule has 0 bridgehead atoms. The lowest BCUT2D eigenvalue weighted by molar-refractivity contribution is -0.274. The number of hydrogen-bond donors (Lipinski definition) is 1. The lowest BCUT2D eigenvalue weighted by Crippen LogP contribution is -2.26. The molecule has 9 heteroatoms. The molecule has 3 rings (SSSR count). The summed E-state index contributed by atoms with van der Waals surface area (Å²) in [5.41, 5.74) is 1.91. The first-order valence-corrected chi connectivity index (χ1v) is 8.37. The van der Waals surface area contributed by atoms with Gasteiger partial charge in [-0.25, -0.2) is 0 Å². The highest BCUT2D eigenvalue weighted by Crippen LogP contribution is 2.30. The van der Waals surface area contributed by atoms with Crippen molar-refractivity contribution < 1.29 is 17.9 Å². The van der Waals surface area contributed by atoms with Gasteiger partial charge in [0.2, 0.25) is 0 Å². The van der Waals surface area contributed by atoms with E-state index in [1.54, 1.807) is 13.0 Å². The lowest BCUT2D eigenvalue weighted by Gasteiger charge is -2.20. The molecule has 25 heavy (non-hydrogen) atoms. The van der Waals surface area contributed by atoms with Crippen LogP contribution in [0.4, 0.5) is 23.9 Å². The van der Waals surface area contributed by atoms with Crippen molar-refractivity contribution in [2.75, 3.05) is 23.3 Å². The minimum absolute atomic E-state index is 0.0964. The average molecular weight is 368 g/mol. The second-order valence-corrected chi connectivity index (χ2v) is 6.48. The first-order valence-electron chi connectivity index (χ1n) is 7.59. The van der Waals surface area contributed by atoms with E-state index in [1.165, 1.54) is 29.7 Å². The van der Waals surface area contributed by atoms with Crippen LogP contribution in [-0.2, 0) is 0 Å². The summed E-state index contributed by atoms with van der Waals surface area (Å²) in [6.07, 6.45) is -3.89. The highest BCUT2D eigenvalue weighted by Gasteiger charge is 2.31. The van der Waals surface area contributed by atoms with Crippen LogP contribution in [0.1, 0.15) is 17.7 Å². The molecular weight excluding hydrogens is 353 g/mol. The molecule has 0 radical (unpaired) electrons. The van der Waals surface area contributed by atoms with Gasteiger partial charge in [0.1, 0.15) is 22.4 Å². The van der Waals surface area contributed by atoms with E-state index in [0.29, 0.717) is 30.0 Å². The Bertz CT molecular complexity index is 799. The van der Waals surface area contributed by atoms with Crippen LogP contribution in [0.25, 0.3) is 0 Å². The van der Waals surface area contributed by atoms with Gasteiger partial charge in [0.25, 0.3) is 0 Å². The average Bonchev–Trinajstić information content (AvgIpc) is 3.13. The Morgan fingerprint density at radius 1 is 1.44 bits per heavy atom. The van der Waals surface area contributed by atoms with E-state index in [9.17, 15) is 18.4 Å². The summed E-state index contributed by atoms with van der Waals surface area (Å²) in [5, 5.41) is 13.2. The number of alkyl halides is 3. The fraction of sp³-hybridized carbons (Fsp3) is 0.375. The highest BCUT2D eigenvalue weighted by molar-refractivity contribution is 7.10. The minimum atomic E-state index is -4.70. The van der Waals surface area contributed by atoms with Crippen molar-refractivity contribution in [2.45, 2.75) is 25.7 Å². The summed E-state index contributed by atoms with van der Waals surface area (Å²) in [6.45, 7) is 3.11. The molecule has 1 aromatic carbocycles. The van der Waals surface area contributed by atoms with Crippen molar-refractivity contribution in [1.29, 1.82) is 5.26 Å². The summed E-state index contributed by atoms with van der Waals surface area (Å²) in [7, 11) is 0. The molecule has 1 saturated heterocycles. The molecule has 0 saturated carbocycles. The van der Waals surface area contributed by atoms with E-state index >= 15 is 0 Å². The molecule has 1 atom stereocenters. The van der Waals surface area contributed by atoms with Crippen molar-refractivity contribution in [3.63, 3.8) is 0 Å². The summed E-state index contributed by atoms with van der Waals surface area (Å²) in [4.78, 5) is 1.99. The van der Waals surface area contributed by atoms with Gasteiger partial charge in [0.05, 0.1) is 5.69 Å². The van der Waals surface area contributed by atoms with Gasteiger partial charge in [-0.1, -0.05) is 6.07 Å². The quantitative estimate of drug-likeness (QED) is 0.887. The Hall–Kier alpha value is -2.47. The number of nitriles is 1. The maximum absolute atomic E-state index is 12.4. The van der Waals surface area contributed by atoms with Crippen LogP contribution in [0.2, 0.25) is 0 Å². The fourth-order valence-electron chi connectivity index (χ4n) is 2.78. The van der Waals surface area contributed by atoms with E-state index in [-0.39, 0.29) is 11.8 Å². The summed E-state index contributed by atoms with van der Waals surface area (Å²) in [6, 6.07) is 8.19. The zero-order chi connectivity index (χ0) is 18.0. The number of aryl methyl sites for hydroxylation is 1. The smallest absolute Gasteiger partial charge is 0.406 e. The van der Waals surface area contributed by atoms with Crippen molar-refractivity contribution in [1.82, 2.24) is 4.37 Å². The third kappa shape index (κ3) is 4.14. The molecule has 0 spiro atoms. The molecule has 1 aliphatic rings. The monoisotopic (exact) mass is 368 g/mol. The standard InChI is InChI=1S/C16H15F3N4OS/c1-10-14(8-20)15(25-22-10)21-11-5-6-23(9-11)12-3-2-4-13(7-12)24-16(17,18)19/h2-4,7,11,21H,5-6,9H2,1H3. The summed E-state index contributed by atoms with van der Waals surface area (Å²) in [5.74, 6) is -0.230. The Labute approximate surface area is 146 Å². The van der Waals surface area contributed by atoms with Gasteiger partial charge in [-0.3, -0.25) is 0 Å². The highest BCUT2D eigenvalue weighted by atomic mass is 32.1. The number of nitrogens with one attached hydrogen (secondary N) is 1. The van der Waals surface area contributed by atoms with Crippen molar-refractivity contribution in [3.05, 3.63) is 35.5 Å². The number of rotatable bonds is 4. The Morgan fingerprint density at radius 3 is 2.96 bits per heavy atom. The molecule has 2 heterocycles. The Balaban J connectivity index is 1.67. The van der Waals surface area contributed by atoms with Crippen LogP contribution < -0.4 is 15.0 Å². The number of nitrogens with zero attached hydrogens (tertiary/aromatic N) is 3. The second-order valence-electron chi connectivity index (χ2n) is 5.71. The van der Waals surface area contributed by atoms with Gasteiger partial charge >= 0.3 is 6.36 Å². The van der Waals surface area contributed by atoms with Crippen molar-refractivity contribution in [3.8, 4) is 11.8 Å². The molecule has 1 aliphatic heterocycles. The summed E-state index contributed by atoms with van der Waals surface area (Å²) >= 11 is 1.25. The maximum Gasteiger partial charge on any atom is 0.573 e. The molecule has 132 valence electrons. The van der Waals surface area contributed by atoms with Gasteiger partial charge in [-0.2, -0.15) is 9.64 Å². The van der Waals surface area contributed by atoms with Gasteiger partial charge in [0.15, 0.2) is 0 Å². The number of anilines is 2. The number of aromatic nitrogens is 1. The second kappa shape index (κ2) is 6.80. The van der Waals surface area contributed by atoms with Crippen LogP contribution >= 0.6 is 11.5 Å². The van der Waals surface area contributed by atoms with Crippen LogP contribution in [-0.4, -0.2) is 29.9 Å². The molecule has 2 aromatic rings.